The third-order valence-electron chi connectivity index (χ3n) is 5.47. The molecule has 1 aliphatic heterocycles. The van der Waals surface area contributed by atoms with Gasteiger partial charge in [-0.05, 0) is 53.6 Å². The van der Waals surface area contributed by atoms with Gasteiger partial charge < -0.3 is 9.64 Å². The van der Waals surface area contributed by atoms with E-state index >= 15 is 0 Å². The second kappa shape index (κ2) is 8.99. The number of fused-ring (bicyclic) bond motifs is 1. The Hall–Kier alpha value is -3.41. The van der Waals surface area contributed by atoms with Crippen molar-refractivity contribution in [2.75, 3.05) is 29.3 Å². The van der Waals surface area contributed by atoms with Crippen molar-refractivity contribution >= 4 is 21.4 Å². The molecular weight excluding hydrogens is 498 g/mol. The van der Waals surface area contributed by atoms with E-state index in [2.05, 4.69) is 4.74 Å². The SMILES string of the molecule is CN1CCN(S(=O)(=O)c2cccc(C(F)(F)F)c2)c2cc(-c3cc(F)cc(OC(F)F)c3)ccc21. The number of nitrogens with zero attached hydrogens (tertiary/aromatic N) is 2. The van der Waals surface area contributed by atoms with Crippen LogP contribution in [-0.4, -0.2) is 35.2 Å². The number of likely N-dealkylation sites (N-methyl/N-ethyl adjacent to an activating group) is 1. The van der Waals surface area contributed by atoms with E-state index in [9.17, 15) is 34.8 Å². The van der Waals surface area contributed by atoms with Crippen molar-refractivity contribution in [3.05, 3.63) is 72.0 Å². The van der Waals surface area contributed by atoms with E-state index in [1.807, 2.05) is 0 Å². The average molecular weight is 516 g/mol. The molecule has 1 aliphatic rings. The van der Waals surface area contributed by atoms with Crippen LogP contribution in [0.4, 0.5) is 37.7 Å². The van der Waals surface area contributed by atoms with Gasteiger partial charge in [0.05, 0.1) is 28.4 Å². The third kappa shape index (κ3) is 5.02. The van der Waals surface area contributed by atoms with Crippen LogP contribution in [0.15, 0.2) is 65.6 Å². The lowest BCUT2D eigenvalue weighted by atomic mass is 10.0. The second-order valence-corrected chi connectivity index (χ2v) is 9.64. The summed E-state index contributed by atoms with van der Waals surface area (Å²) in [5, 5.41) is 0. The summed E-state index contributed by atoms with van der Waals surface area (Å²) < 4.78 is 111. The number of anilines is 2. The van der Waals surface area contributed by atoms with Gasteiger partial charge in [-0.25, -0.2) is 12.8 Å². The van der Waals surface area contributed by atoms with Gasteiger partial charge in [-0.3, -0.25) is 4.31 Å². The summed E-state index contributed by atoms with van der Waals surface area (Å²) in [7, 11) is -2.69. The van der Waals surface area contributed by atoms with Gasteiger partial charge in [-0.1, -0.05) is 12.1 Å². The number of hydrogen-bond acceptors (Lipinski definition) is 4. The van der Waals surface area contributed by atoms with Gasteiger partial charge in [0.1, 0.15) is 11.6 Å². The van der Waals surface area contributed by atoms with E-state index in [0.717, 1.165) is 34.6 Å². The van der Waals surface area contributed by atoms with Gasteiger partial charge in [-0.2, -0.15) is 22.0 Å². The van der Waals surface area contributed by atoms with E-state index < -0.39 is 44.8 Å². The third-order valence-corrected chi connectivity index (χ3v) is 7.28. The minimum Gasteiger partial charge on any atom is -0.435 e. The molecule has 5 nitrogen and oxygen atoms in total. The molecule has 4 rings (SSSR count). The van der Waals surface area contributed by atoms with Crippen LogP contribution in [0.5, 0.6) is 5.75 Å². The molecule has 0 amide bonds. The summed E-state index contributed by atoms with van der Waals surface area (Å²) in [5.41, 5.74) is -0.0479. The molecule has 0 N–H and O–H groups in total. The predicted octanol–water partition coefficient (Wildman–Crippen LogP) is 5.76. The molecule has 0 spiro atoms. The lowest BCUT2D eigenvalue weighted by Gasteiger charge is -2.36. The first-order valence-corrected chi connectivity index (χ1v) is 11.6. The van der Waals surface area contributed by atoms with Crippen molar-refractivity contribution in [2.45, 2.75) is 17.7 Å². The van der Waals surface area contributed by atoms with E-state index in [1.54, 1.807) is 24.1 Å². The van der Waals surface area contributed by atoms with E-state index in [4.69, 9.17) is 0 Å². The zero-order valence-corrected chi connectivity index (χ0v) is 18.9. The first-order chi connectivity index (χ1) is 16.4. The molecule has 0 radical (unpaired) electrons. The van der Waals surface area contributed by atoms with Crippen LogP contribution < -0.4 is 13.9 Å². The molecule has 35 heavy (non-hydrogen) atoms. The number of halogens is 6. The van der Waals surface area contributed by atoms with Gasteiger partial charge >= 0.3 is 12.8 Å². The van der Waals surface area contributed by atoms with Crippen molar-refractivity contribution in [1.82, 2.24) is 0 Å². The molecule has 12 heteroatoms. The van der Waals surface area contributed by atoms with Gasteiger partial charge in [0.2, 0.25) is 0 Å². The Balaban J connectivity index is 1.81. The van der Waals surface area contributed by atoms with Crippen LogP contribution in [-0.2, 0) is 16.2 Å². The molecular formula is C23H18F6N2O3S. The fourth-order valence-electron chi connectivity index (χ4n) is 3.82. The molecule has 3 aromatic rings. The molecule has 0 unspecified atom stereocenters. The highest BCUT2D eigenvalue weighted by Crippen LogP contribution is 2.40. The van der Waals surface area contributed by atoms with E-state index in [1.165, 1.54) is 12.1 Å². The van der Waals surface area contributed by atoms with Crippen molar-refractivity contribution in [3.8, 4) is 16.9 Å². The lowest BCUT2D eigenvalue weighted by Crippen LogP contribution is -2.42. The Morgan fingerprint density at radius 1 is 0.914 bits per heavy atom. The lowest BCUT2D eigenvalue weighted by molar-refractivity contribution is -0.137. The van der Waals surface area contributed by atoms with Crippen LogP contribution in [0.2, 0.25) is 0 Å². The minimum absolute atomic E-state index is 0.0611. The maximum atomic E-state index is 14.1. The monoisotopic (exact) mass is 516 g/mol. The quantitative estimate of drug-likeness (QED) is 0.405. The predicted molar refractivity (Wildman–Crippen MR) is 118 cm³/mol. The van der Waals surface area contributed by atoms with Crippen LogP contribution in [0.25, 0.3) is 11.1 Å². The highest BCUT2D eigenvalue weighted by atomic mass is 32.2. The largest absolute Gasteiger partial charge is 0.435 e. The topological polar surface area (TPSA) is 49.9 Å². The van der Waals surface area contributed by atoms with Gasteiger partial charge in [0.15, 0.2) is 0 Å². The highest BCUT2D eigenvalue weighted by molar-refractivity contribution is 7.92. The fourth-order valence-corrected chi connectivity index (χ4v) is 5.33. The molecule has 3 aromatic carbocycles. The molecule has 0 fully saturated rings. The van der Waals surface area contributed by atoms with Crippen LogP contribution >= 0.6 is 0 Å². The minimum atomic E-state index is -4.73. The summed E-state index contributed by atoms with van der Waals surface area (Å²) in [6, 6.07) is 11.0. The summed E-state index contributed by atoms with van der Waals surface area (Å²) in [6.07, 6.45) is -4.73. The first kappa shape index (κ1) is 24.7. The van der Waals surface area contributed by atoms with Crippen LogP contribution in [0.1, 0.15) is 5.56 Å². The van der Waals surface area contributed by atoms with Crippen LogP contribution in [0.3, 0.4) is 0 Å². The molecule has 0 aliphatic carbocycles. The maximum absolute atomic E-state index is 14.1. The molecule has 0 bridgehead atoms. The Morgan fingerprint density at radius 3 is 2.34 bits per heavy atom. The molecule has 186 valence electrons. The van der Waals surface area contributed by atoms with Crippen molar-refractivity contribution in [1.29, 1.82) is 0 Å². The van der Waals surface area contributed by atoms with Gasteiger partial charge in [0, 0.05) is 19.7 Å². The normalized spacial score (nSPS) is 14.3. The van der Waals surface area contributed by atoms with Gasteiger partial charge in [0.25, 0.3) is 10.0 Å². The van der Waals surface area contributed by atoms with Gasteiger partial charge in [-0.15, -0.1) is 0 Å². The van der Waals surface area contributed by atoms with E-state index in [0.29, 0.717) is 17.3 Å². The molecule has 0 saturated heterocycles. The standard InChI is InChI=1S/C23H18F6N2O3S/c1-30-7-8-31(35(32,33)19-4-2-3-16(12-19)23(27,28)29)21-11-14(5-6-20(21)30)15-9-17(24)13-18(10-15)34-22(25)26/h2-6,9-13,22H,7-8H2,1H3. The Bertz CT molecular complexity index is 1360. The number of ether oxygens (including phenoxy) is 1. The Morgan fingerprint density at radius 2 is 1.66 bits per heavy atom. The Labute approximate surface area is 197 Å². The number of sulfonamides is 1. The van der Waals surface area contributed by atoms with Crippen LogP contribution in [0, 0.1) is 5.82 Å². The number of hydrogen-bond donors (Lipinski definition) is 0. The molecule has 0 saturated carbocycles. The number of alkyl halides is 5. The maximum Gasteiger partial charge on any atom is 0.416 e. The highest BCUT2D eigenvalue weighted by Gasteiger charge is 2.35. The first-order valence-electron chi connectivity index (χ1n) is 10.2. The summed E-state index contributed by atoms with van der Waals surface area (Å²) in [4.78, 5) is 1.22. The smallest absolute Gasteiger partial charge is 0.416 e. The molecule has 0 aromatic heterocycles. The number of benzene rings is 3. The van der Waals surface area contributed by atoms with Crippen molar-refractivity contribution in [2.24, 2.45) is 0 Å². The fraction of sp³-hybridized carbons (Fsp3) is 0.217. The molecule has 1 heterocycles. The number of rotatable bonds is 5. The zero-order chi connectivity index (χ0) is 25.5. The zero-order valence-electron chi connectivity index (χ0n) is 18.1. The Kier molecular flexibility index (Phi) is 6.34. The summed E-state index contributed by atoms with van der Waals surface area (Å²) in [6.45, 7) is -2.97. The van der Waals surface area contributed by atoms with Crippen molar-refractivity contribution in [3.63, 3.8) is 0 Å². The summed E-state index contributed by atoms with van der Waals surface area (Å²) in [5.74, 6) is -1.26. The van der Waals surface area contributed by atoms with E-state index in [-0.39, 0.29) is 24.3 Å². The molecule has 0 atom stereocenters. The average Bonchev–Trinajstić information content (AvgIpc) is 2.77. The van der Waals surface area contributed by atoms with Crippen molar-refractivity contribution < 1.29 is 39.5 Å². The summed E-state index contributed by atoms with van der Waals surface area (Å²) >= 11 is 0. The second-order valence-electron chi connectivity index (χ2n) is 7.78.